The molecule has 0 radical (unpaired) electrons. The zero-order valence-electron chi connectivity index (χ0n) is 13.1. The Hall–Kier alpha value is -3.42. The molecule has 0 saturated carbocycles. The first-order chi connectivity index (χ1) is 12.0. The lowest BCUT2D eigenvalue weighted by atomic mass is 10.2. The summed E-state index contributed by atoms with van der Waals surface area (Å²) in [4.78, 5) is 23.7. The number of para-hydroxylation sites is 2. The second-order valence-electron chi connectivity index (χ2n) is 5.74. The largest absolute Gasteiger partial charge is 0.368 e. The number of hydrogen-bond donors (Lipinski definition) is 1. The van der Waals surface area contributed by atoms with Gasteiger partial charge in [-0.15, -0.1) is 5.10 Å². The van der Waals surface area contributed by atoms with Crippen LogP contribution in [0.1, 0.15) is 5.56 Å². The monoisotopic (exact) mass is 339 g/mol. The average Bonchev–Trinajstić information content (AvgIpc) is 3.06. The van der Waals surface area contributed by atoms with Crippen LogP contribution in [0.3, 0.4) is 0 Å². The molecule has 0 spiro atoms. The predicted molar refractivity (Wildman–Crippen MR) is 89.6 cm³/mol. The molecule has 0 atom stereocenters. The van der Waals surface area contributed by atoms with Gasteiger partial charge in [-0.05, 0) is 29.8 Å². The van der Waals surface area contributed by atoms with Gasteiger partial charge in [0.1, 0.15) is 12.4 Å². The Morgan fingerprint density at radius 1 is 1.08 bits per heavy atom. The third kappa shape index (κ3) is 2.47. The number of amides is 1. The van der Waals surface area contributed by atoms with Crippen LogP contribution >= 0.6 is 0 Å². The van der Waals surface area contributed by atoms with Gasteiger partial charge in [0.15, 0.2) is 0 Å². The molecule has 2 aromatic heterocycles. The predicted octanol–water partition coefficient (Wildman–Crippen LogP) is 1.12. The maximum absolute atomic E-state index is 13.1. The highest BCUT2D eigenvalue weighted by Gasteiger charge is 2.18. The molecule has 0 fully saturated rings. The van der Waals surface area contributed by atoms with E-state index in [1.165, 1.54) is 16.5 Å². The van der Waals surface area contributed by atoms with Gasteiger partial charge in [-0.3, -0.25) is 4.79 Å². The lowest BCUT2D eigenvalue weighted by Gasteiger charge is -2.05. The second kappa shape index (κ2) is 5.59. The zero-order chi connectivity index (χ0) is 17.6. The van der Waals surface area contributed by atoms with E-state index in [4.69, 9.17) is 5.73 Å². The number of primary amides is 1. The van der Waals surface area contributed by atoms with Crippen LogP contribution in [0.25, 0.3) is 16.8 Å². The summed E-state index contributed by atoms with van der Waals surface area (Å²) in [5, 5.41) is 4.26. The molecule has 25 heavy (non-hydrogen) atoms. The minimum Gasteiger partial charge on any atom is -0.368 e. The SMILES string of the molecule is NC(=O)Cn1nc2n(Cc3ccc(F)cc3)c3ccccc3n2c1=O. The number of carbonyl (C=O) groups excluding carboxylic acids is 1. The quantitative estimate of drug-likeness (QED) is 0.604. The minimum absolute atomic E-state index is 0.286. The zero-order valence-corrected chi connectivity index (χ0v) is 13.1. The number of hydrogen-bond acceptors (Lipinski definition) is 3. The molecule has 8 heteroatoms. The fourth-order valence-corrected chi connectivity index (χ4v) is 2.95. The molecule has 2 N–H and O–H groups in total. The minimum atomic E-state index is -0.641. The maximum Gasteiger partial charge on any atom is 0.352 e. The lowest BCUT2D eigenvalue weighted by molar-refractivity contribution is -0.118. The molecule has 0 aliphatic rings. The molecule has 0 aliphatic carbocycles. The van der Waals surface area contributed by atoms with E-state index in [-0.39, 0.29) is 12.4 Å². The van der Waals surface area contributed by atoms with Crippen molar-refractivity contribution in [3.8, 4) is 0 Å². The Morgan fingerprint density at radius 3 is 2.44 bits per heavy atom. The highest BCUT2D eigenvalue weighted by molar-refractivity contribution is 5.81. The summed E-state index contributed by atoms with van der Waals surface area (Å²) in [6, 6.07) is 13.5. The van der Waals surface area contributed by atoms with Crippen LogP contribution in [-0.2, 0) is 17.9 Å². The lowest BCUT2D eigenvalue weighted by Crippen LogP contribution is -2.28. The number of halogens is 1. The van der Waals surface area contributed by atoms with Gasteiger partial charge in [0.25, 0.3) is 0 Å². The van der Waals surface area contributed by atoms with Crippen LogP contribution < -0.4 is 11.4 Å². The van der Waals surface area contributed by atoms with Gasteiger partial charge in [-0.1, -0.05) is 24.3 Å². The van der Waals surface area contributed by atoms with Gasteiger partial charge in [-0.25, -0.2) is 18.3 Å². The van der Waals surface area contributed by atoms with Crippen LogP contribution in [0.15, 0.2) is 53.3 Å². The molecule has 0 aliphatic heterocycles. The van der Waals surface area contributed by atoms with Crippen molar-refractivity contribution >= 4 is 22.7 Å². The first-order valence-corrected chi connectivity index (χ1v) is 7.64. The molecule has 1 amide bonds. The number of carbonyl (C=O) groups is 1. The summed E-state index contributed by atoms with van der Waals surface area (Å²) < 4.78 is 17.5. The fraction of sp³-hybridized carbons (Fsp3) is 0.118. The topological polar surface area (TPSA) is 87.3 Å². The van der Waals surface area contributed by atoms with Crippen molar-refractivity contribution < 1.29 is 9.18 Å². The normalized spacial score (nSPS) is 11.4. The summed E-state index contributed by atoms with van der Waals surface area (Å²) in [7, 11) is 0. The van der Waals surface area contributed by atoms with Crippen LogP contribution in [-0.4, -0.2) is 24.7 Å². The van der Waals surface area contributed by atoms with E-state index in [0.717, 1.165) is 15.8 Å². The Morgan fingerprint density at radius 2 is 1.76 bits per heavy atom. The van der Waals surface area contributed by atoms with Crippen molar-refractivity contribution in [2.24, 2.45) is 5.73 Å². The Bertz CT molecular complexity index is 1150. The number of nitrogens with zero attached hydrogens (tertiary/aromatic N) is 4. The smallest absolute Gasteiger partial charge is 0.352 e. The third-order valence-corrected chi connectivity index (χ3v) is 4.04. The standard InChI is InChI=1S/C17H14FN5O2/c18-12-7-5-11(6-8-12)9-21-13-3-1-2-4-14(13)23-16(21)20-22(17(23)25)10-15(19)24/h1-8H,9-10H2,(H2,19,24). The molecular formula is C17H14FN5O2. The molecule has 0 unspecified atom stereocenters. The fourth-order valence-electron chi connectivity index (χ4n) is 2.95. The number of rotatable bonds is 4. The number of imidazole rings is 1. The summed E-state index contributed by atoms with van der Waals surface area (Å²) in [5.41, 5.74) is 7.11. The molecule has 4 rings (SSSR count). The highest BCUT2D eigenvalue weighted by Crippen LogP contribution is 2.20. The molecule has 2 aromatic carbocycles. The highest BCUT2D eigenvalue weighted by atomic mass is 19.1. The van der Waals surface area contributed by atoms with Crippen LogP contribution in [0.4, 0.5) is 4.39 Å². The maximum atomic E-state index is 13.1. The Balaban J connectivity index is 1.95. The van der Waals surface area contributed by atoms with E-state index >= 15 is 0 Å². The molecule has 2 heterocycles. The van der Waals surface area contributed by atoms with Gasteiger partial charge in [0, 0.05) is 0 Å². The number of aromatic nitrogens is 4. The van der Waals surface area contributed by atoms with Crippen molar-refractivity contribution in [2.45, 2.75) is 13.1 Å². The molecule has 7 nitrogen and oxygen atoms in total. The van der Waals surface area contributed by atoms with Gasteiger partial charge in [-0.2, -0.15) is 0 Å². The van der Waals surface area contributed by atoms with Crippen molar-refractivity contribution in [1.82, 2.24) is 18.7 Å². The van der Waals surface area contributed by atoms with Crippen molar-refractivity contribution in [3.63, 3.8) is 0 Å². The van der Waals surface area contributed by atoms with Crippen molar-refractivity contribution in [1.29, 1.82) is 0 Å². The third-order valence-electron chi connectivity index (χ3n) is 4.04. The van der Waals surface area contributed by atoms with E-state index in [9.17, 15) is 14.0 Å². The van der Waals surface area contributed by atoms with Gasteiger partial charge < -0.3 is 10.3 Å². The second-order valence-corrected chi connectivity index (χ2v) is 5.74. The van der Waals surface area contributed by atoms with E-state index in [1.807, 2.05) is 22.8 Å². The first kappa shape index (κ1) is 15.1. The van der Waals surface area contributed by atoms with Crippen molar-refractivity contribution in [3.05, 3.63) is 70.4 Å². The van der Waals surface area contributed by atoms with Crippen LogP contribution in [0, 0.1) is 5.82 Å². The van der Waals surface area contributed by atoms with E-state index in [2.05, 4.69) is 5.10 Å². The Kier molecular flexibility index (Phi) is 3.38. The summed E-state index contributed by atoms with van der Waals surface area (Å²) in [5.74, 6) is -0.553. The number of benzene rings is 2. The number of fused-ring (bicyclic) bond motifs is 3. The first-order valence-electron chi connectivity index (χ1n) is 7.64. The van der Waals surface area contributed by atoms with E-state index in [0.29, 0.717) is 17.8 Å². The van der Waals surface area contributed by atoms with Gasteiger partial charge >= 0.3 is 5.69 Å². The molecule has 0 bridgehead atoms. The van der Waals surface area contributed by atoms with Gasteiger partial charge in [0.05, 0.1) is 17.6 Å². The Labute approximate surface area is 140 Å². The van der Waals surface area contributed by atoms with Crippen LogP contribution in [0.2, 0.25) is 0 Å². The van der Waals surface area contributed by atoms with Crippen LogP contribution in [0.5, 0.6) is 0 Å². The number of nitrogens with two attached hydrogens (primary N) is 1. The van der Waals surface area contributed by atoms with E-state index in [1.54, 1.807) is 18.2 Å². The van der Waals surface area contributed by atoms with E-state index < -0.39 is 11.6 Å². The molecular weight excluding hydrogens is 325 g/mol. The molecule has 126 valence electrons. The molecule has 4 aromatic rings. The van der Waals surface area contributed by atoms with Crippen molar-refractivity contribution in [2.75, 3.05) is 0 Å². The summed E-state index contributed by atoms with van der Waals surface area (Å²) >= 11 is 0. The molecule has 0 saturated heterocycles. The summed E-state index contributed by atoms with van der Waals surface area (Å²) in [6.07, 6.45) is 0. The van der Waals surface area contributed by atoms with Gasteiger partial charge in [0.2, 0.25) is 11.7 Å². The average molecular weight is 339 g/mol. The summed E-state index contributed by atoms with van der Waals surface area (Å²) in [6.45, 7) is 0.121.